The molecular formula is C14H20N2O. The molecule has 2 N–H and O–H groups in total. The van der Waals surface area contributed by atoms with E-state index in [1.807, 2.05) is 13.0 Å². The minimum absolute atomic E-state index is 0.132. The molecule has 17 heavy (non-hydrogen) atoms. The van der Waals surface area contributed by atoms with Crippen LogP contribution in [0.5, 0.6) is 0 Å². The third kappa shape index (κ3) is 2.34. The highest BCUT2D eigenvalue weighted by Crippen LogP contribution is 2.27. The first kappa shape index (κ1) is 12.1. The smallest absolute Gasteiger partial charge is 0.199 e. The van der Waals surface area contributed by atoms with Crippen molar-refractivity contribution in [2.24, 2.45) is 5.73 Å². The third-order valence-electron chi connectivity index (χ3n) is 3.05. The highest BCUT2D eigenvalue weighted by Gasteiger charge is 2.17. The Morgan fingerprint density at radius 1 is 1.35 bits per heavy atom. The maximum atomic E-state index is 5.70. The van der Waals surface area contributed by atoms with E-state index in [-0.39, 0.29) is 11.3 Å². The van der Waals surface area contributed by atoms with Crippen molar-refractivity contribution in [3.63, 3.8) is 0 Å². The molecule has 0 amide bonds. The van der Waals surface area contributed by atoms with Gasteiger partial charge in [-0.25, -0.2) is 4.98 Å². The van der Waals surface area contributed by atoms with Crippen molar-refractivity contribution in [3.05, 3.63) is 29.7 Å². The fourth-order valence-electron chi connectivity index (χ4n) is 1.72. The predicted octanol–water partition coefficient (Wildman–Crippen LogP) is 3.19. The second kappa shape index (κ2) is 4.15. The zero-order chi connectivity index (χ0) is 12.6. The van der Waals surface area contributed by atoms with Crippen LogP contribution < -0.4 is 5.73 Å². The summed E-state index contributed by atoms with van der Waals surface area (Å²) in [6, 6.07) is 6.20. The van der Waals surface area contributed by atoms with Gasteiger partial charge in [0.1, 0.15) is 5.52 Å². The zero-order valence-corrected chi connectivity index (χ0v) is 10.9. The van der Waals surface area contributed by atoms with Gasteiger partial charge in [-0.15, -0.1) is 0 Å². The lowest BCUT2D eigenvalue weighted by atomic mass is 9.87. The van der Waals surface area contributed by atoms with E-state index >= 15 is 0 Å². The fraction of sp³-hybridized carbons (Fsp3) is 0.500. The minimum Gasteiger partial charge on any atom is -0.440 e. The van der Waals surface area contributed by atoms with E-state index in [0.29, 0.717) is 6.54 Å². The molecule has 0 bridgehead atoms. The molecule has 0 fully saturated rings. The Kier molecular flexibility index (Phi) is 2.96. The average Bonchev–Trinajstić information content (AvgIpc) is 2.69. The van der Waals surface area contributed by atoms with Crippen LogP contribution in [-0.4, -0.2) is 11.5 Å². The lowest BCUT2D eigenvalue weighted by Crippen LogP contribution is -2.10. The van der Waals surface area contributed by atoms with Crippen LogP contribution in [0.25, 0.3) is 11.1 Å². The molecule has 0 saturated heterocycles. The second-order valence-electron chi connectivity index (χ2n) is 5.62. The van der Waals surface area contributed by atoms with E-state index in [1.54, 1.807) is 0 Å². The molecule has 1 heterocycles. The first-order valence-corrected chi connectivity index (χ1v) is 6.03. The van der Waals surface area contributed by atoms with Crippen molar-refractivity contribution < 1.29 is 4.42 Å². The van der Waals surface area contributed by atoms with E-state index < -0.39 is 0 Å². The van der Waals surface area contributed by atoms with Crippen LogP contribution in [-0.2, 0) is 5.41 Å². The average molecular weight is 232 g/mol. The van der Waals surface area contributed by atoms with Crippen molar-refractivity contribution in [1.82, 2.24) is 4.98 Å². The summed E-state index contributed by atoms with van der Waals surface area (Å²) in [6.07, 6.45) is 0. The minimum atomic E-state index is 0.132. The van der Waals surface area contributed by atoms with E-state index in [9.17, 15) is 0 Å². The Bertz CT molecular complexity index is 522. The Balaban J connectivity index is 2.48. The van der Waals surface area contributed by atoms with Crippen LogP contribution in [0.4, 0.5) is 0 Å². The molecule has 92 valence electrons. The standard InChI is InChI=1S/C14H20N2O/c1-9(8-15)13-16-11-7-10(14(2,3)4)5-6-12(11)17-13/h5-7,9H,8,15H2,1-4H3. The van der Waals surface area contributed by atoms with Gasteiger partial charge >= 0.3 is 0 Å². The molecular weight excluding hydrogens is 212 g/mol. The number of nitrogens with two attached hydrogens (primary N) is 1. The van der Waals surface area contributed by atoms with Gasteiger partial charge in [0.15, 0.2) is 11.5 Å². The Labute approximate surface area is 102 Å². The number of nitrogens with zero attached hydrogens (tertiary/aromatic N) is 1. The lowest BCUT2D eigenvalue weighted by molar-refractivity contribution is 0.489. The van der Waals surface area contributed by atoms with Crippen LogP contribution in [0.15, 0.2) is 22.6 Å². The van der Waals surface area contributed by atoms with Gasteiger partial charge in [-0.3, -0.25) is 0 Å². The number of rotatable bonds is 2. The number of hydrogen-bond acceptors (Lipinski definition) is 3. The van der Waals surface area contributed by atoms with Gasteiger partial charge in [-0.05, 0) is 23.1 Å². The Morgan fingerprint density at radius 3 is 2.65 bits per heavy atom. The van der Waals surface area contributed by atoms with Gasteiger partial charge in [0.2, 0.25) is 0 Å². The van der Waals surface area contributed by atoms with E-state index in [1.165, 1.54) is 5.56 Å². The number of benzene rings is 1. The van der Waals surface area contributed by atoms with Crippen LogP contribution in [0.1, 0.15) is 45.1 Å². The second-order valence-corrected chi connectivity index (χ2v) is 5.62. The van der Waals surface area contributed by atoms with Crippen molar-refractivity contribution in [2.45, 2.75) is 39.0 Å². The van der Waals surface area contributed by atoms with Gasteiger partial charge in [-0.2, -0.15) is 0 Å². The fourth-order valence-corrected chi connectivity index (χ4v) is 1.72. The summed E-state index contributed by atoms with van der Waals surface area (Å²) in [5.74, 6) is 0.897. The molecule has 0 saturated carbocycles. The molecule has 2 rings (SSSR count). The monoisotopic (exact) mass is 232 g/mol. The summed E-state index contributed by atoms with van der Waals surface area (Å²) in [4.78, 5) is 4.51. The number of fused-ring (bicyclic) bond motifs is 1. The molecule has 0 radical (unpaired) electrons. The summed E-state index contributed by atoms with van der Waals surface area (Å²) in [6.45, 7) is 9.15. The van der Waals surface area contributed by atoms with Gasteiger partial charge in [-0.1, -0.05) is 33.8 Å². The maximum Gasteiger partial charge on any atom is 0.199 e. The summed E-state index contributed by atoms with van der Waals surface area (Å²) in [5.41, 5.74) is 8.79. The topological polar surface area (TPSA) is 52.0 Å². The summed E-state index contributed by atoms with van der Waals surface area (Å²) in [5, 5.41) is 0. The maximum absolute atomic E-state index is 5.70. The Morgan fingerprint density at radius 2 is 2.06 bits per heavy atom. The Hall–Kier alpha value is -1.35. The molecule has 0 spiro atoms. The van der Waals surface area contributed by atoms with Gasteiger partial charge in [0, 0.05) is 12.5 Å². The number of hydrogen-bond donors (Lipinski definition) is 1. The summed E-state index contributed by atoms with van der Waals surface area (Å²) in [7, 11) is 0. The number of oxazole rings is 1. The van der Waals surface area contributed by atoms with E-state index in [2.05, 4.69) is 37.9 Å². The molecule has 1 aromatic heterocycles. The van der Waals surface area contributed by atoms with Crippen molar-refractivity contribution in [2.75, 3.05) is 6.54 Å². The first-order valence-electron chi connectivity index (χ1n) is 6.03. The van der Waals surface area contributed by atoms with Gasteiger partial charge < -0.3 is 10.2 Å². The summed E-state index contributed by atoms with van der Waals surface area (Å²) < 4.78 is 5.70. The highest BCUT2D eigenvalue weighted by molar-refractivity contribution is 5.73. The van der Waals surface area contributed by atoms with Crippen LogP contribution in [0.2, 0.25) is 0 Å². The molecule has 3 nitrogen and oxygen atoms in total. The third-order valence-corrected chi connectivity index (χ3v) is 3.05. The molecule has 1 unspecified atom stereocenters. The molecule has 0 aliphatic carbocycles. The van der Waals surface area contributed by atoms with Crippen LogP contribution >= 0.6 is 0 Å². The van der Waals surface area contributed by atoms with Gasteiger partial charge in [0.25, 0.3) is 0 Å². The highest BCUT2D eigenvalue weighted by atomic mass is 16.3. The lowest BCUT2D eigenvalue weighted by Gasteiger charge is -2.18. The molecule has 1 atom stereocenters. The summed E-state index contributed by atoms with van der Waals surface area (Å²) >= 11 is 0. The largest absolute Gasteiger partial charge is 0.440 e. The van der Waals surface area contributed by atoms with Crippen molar-refractivity contribution in [3.8, 4) is 0 Å². The van der Waals surface area contributed by atoms with Crippen molar-refractivity contribution >= 4 is 11.1 Å². The molecule has 1 aromatic carbocycles. The normalized spacial score (nSPS) is 14.2. The number of aromatic nitrogens is 1. The zero-order valence-electron chi connectivity index (χ0n) is 10.9. The molecule has 2 aromatic rings. The molecule has 0 aliphatic rings. The quantitative estimate of drug-likeness (QED) is 0.865. The molecule has 3 heteroatoms. The predicted molar refractivity (Wildman–Crippen MR) is 70.2 cm³/mol. The van der Waals surface area contributed by atoms with Crippen LogP contribution in [0, 0.1) is 0 Å². The molecule has 0 aliphatic heterocycles. The SMILES string of the molecule is CC(CN)c1nc2cc(C(C)(C)C)ccc2o1. The van der Waals surface area contributed by atoms with E-state index in [0.717, 1.165) is 17.0 Å². The van der Waals surface area contributed by atoms with Gasteiger partial charge in [0.05, 0.1) is 0 Å². The van der Waals surface area contributed by atoms with Crippen molar-refractivity contribution in [1.29, 1.82) is 0 Å². The van der Waals surface area contributed by atoms with Crippen LogP contribution in [0.3, 0.4) is 0 Å². The van der Waals surface area contributed by atoms with E-state index in [4.69, 9.17) is 10.2 Å². The first-order chi connectivity index (χ1) is 7.91.